The SMILES string of the molecule is C[C@@]1(c2ccc3c(I)c(OC4CCC(C5CCCCC5)CC4)ccc3c2)COC(=O)N1. The van der Waals surface area contributed by atoms with Gasteiger partial charge in [0, 0.05) is 0 Å². The number of fused-ring (bicyclic) bond motifs is 1. The second kappa shape index (κ2) is 8.80. The van der Waals surface area contributed by atoms with Gasteiger partial charge in [0.15, 0.2) is 0 Å². The van der Waals surface area contributed by atoms with E-state index in [1.165, 1.54) is 66.7 Å². The Kier molecular flexibility index (Phi) is 6.06. The Morgan fingerprint density at radius 2 is 1.74 bits per heavy atom. The zero-order chi connectivity index (χ0) is 21.4. The summed E-state index contributed by atoms with van der Waals surface area (Å²) < 4.78 is 12.8. The molecule has 2 aromatic carbocycles. The molecule has 0 aromatic heterocycles. The van der Waals surface area contributed by atoms with Crippen molar-refractivity contribution < 1.29 is 14.3 Å². The molecule has 0 spiro atoms. The van der Waals surface area contributed by atoms with Crippen molar-refractivity contribution >= 4 is 39.5 Å². The van der Waals surface area contributed by atoms with E-state index in [1.807, 2.05) is 6.92 Å². The standard InChI is InChI=1S/C26H32INO3/c1-26(16-30-25(29)28-26)20-10-13-22-19(15-20)9-14-23(24(22)27)31-21-11-7-18(8-12-21)17-5-3-2-4-6-17/h9-10,13-15,17-18,21H,2-8,11-12,16H2,1H3,(H,28,29)/t18?,21?,26-/m0/s1. The highest BCUT2D eigenvalue weighted by molar-refractivity contribution is 14.1. The first kappa shape index (κ1) is 21.4. The minimum Gasteiger partial charge on any atom is -0.489 e. The lowest BCUT2D eigenvalue weighted by atomic mass is 9.73. The molecule has 1 N–H and O–H groups in total. The molecule has 1 atom stereocenters. The summed E-state index contributed by atoms with van der Waals surface area (Å²) in [5, 5.41) is 5.30. The summed E-state index contributed by atoms with van der Waals surface area (Å²) in [6.45, 7) is 2.37. The molecule has 2 aliphatic carbocycles. The number of rotatable bonds is 4. The van der Waals surface area contributed by atoms with Gasteiger partial charge in [0.05, 0.1) is 15.2 Å². The Morgan fingerprint density at radius 1 is 1.00 bits per heavy atom. The average molecular weight is 533 g/mol. The molecule has 2 saturated carbocycles. The summed E-state index contributed by atoms with van der Waals surface area (Å²) in [7, 11) is 0. The topological polar surface area (TPSA) is 47.6 Å². The number of alkyl carbamates (subject to hydrolysis) is 1. The van der Waals surface area contributed by atoms with Crippen LogP contribution in [0.15, 0.2) is 30.3 Å². The molecule has 5 rings (SSSR count). The predicted molar refractivity (Wildman–Crippen MR) is 131 cm³/mol. The van der Waals surface area contributed by atoms with E-state index in [0.29, 0.717) is 12.7 Å². The Balaban J connectivity index is 1.27. The molecule has 5 heteroatoms. The van der Waals surface area contributed by atoms with Crippen LogP contribution in [0.5, 0.6) is 5.75 Å². The molecule has 0 unspecified atom stereocenters. The minimum absolute atomic E-state index is 0.342. The molecule has 1 saturated heterocycles. The van der Waals surface area contributed by atoms with E-state index in [9.17, 15) is 4.79 Å². The largest absolute Gasteiger partial charge is 0.489 e. The number of hydrogen-bond acceptors (Lipinski definition) is 3. The van der Waals surface area contributed by atoms with E-state index in [2.05, 4.69) is 58.2 Å². The van der Waals surface area contributed by atoms with Crippen molar-refractivity contribution in [2.45, 2.75) is 76.4 Å². The number of ether oxygens (including phenoxy) is 2. The van der Waals surface area contributed by atoms with Crippen LogP contribution in [0.2, 0.25) is 0 Å². The van der Waals surface area contributed by atoms with Crippen LogP contribution in [-0.4, -0.2) is 18.8 Å². The molecule has 1 amide bonds. The number of carbonyl (C=O) groups is 1. The van der Waals surface area contributed by atoms with Gasteiger partial charge >= 0.3 is 6.09 Å². The molecule has 3 aliphatic rings. The zero-order valence-electron chi connectivity index (χ0n) is 18.3. The first-order valence-electron chi connectivity index (χ1n) is 11.9. The highest BCUT2D eigenvalue weighted by Gasteiger charge is 2.36. The van der Waals surface area contributed by atoms with Gasteiger partial charge in [-0.15, -0.1) is 0 Å². The fourth-order valence-electron chi connectivity index (χ4n) is 5.83. The van der Waals surface area contributed by atoms with Crippen molar-refractivity contribution in [2.24, 2.45) is 11.8 Å². The maximum absolute atomic E-state index is 11.5. The molecular formula is C26H32INO3. The predicted octanol–water partition coefficient (Wildman–Crippen LogP) is 6.92. The number of hydrogen-bond donors (Lipinski definition) is 1. The second-order valence-electron chi connectivity index (χ2n) is 9.90. The number of amides is 1. The van der Waals surface area contributed by atoms with Crippen LogP contribution in [0.1, 0.15) is 70.3 Å². The smallest absolute Gasteiger partial charge is 0.408 e. The summed E-state index contributed by atoms with van der Waals surface area (Å²) >= 11 is 2.42. The maximum atomic E-state index is 11.5. The van der Waals surface area contributed by atoms with E-state index in [0.717, 1.165) is 28.5 Å². The van der Waals surface area contributed by atoms with Crippen molar-refractivity contribution in [1.29, 1.82) is 0 Å². The first-order valence-corrected chi connectivity index (χ1v) is 12.9. The van der Waals surface area contributed by atoms with Crippen LogP contribution >= 0.6 is 22.6 Å². The van der Waals surface area contributed by atoms with Crippen molar-refractivity contribution in [2.75, 3.05) is 6.61 Å². The van der Waals surface area contributed by atoms with E-state index < -0.39 is 5.54 Å². The third-order valence-electron chi connectivity index (χ3n) is 7.75. The van der Waals surface area contributed by atoms with E-state index in [-0.39, 0.29) is 6.09 Å². The van der Waals surface area contributed by atoms with Crippen molar-refractivity contribution in [3.05, 3.63) is 39.5 Å². The normalized spacial score (nSPS) is 29.5. The summed E-state index contributed by atoms with van der Waals surface area (Å²) in [4.78, 5) is 11.5. The van der Waals surface area contributed by atoms with Crippen LogP contribution in [0, 0.1) is 15.4 Å². The molecule has 4 nitrogen and oxygen atoms in total. The quantitative estimate of drug-likeness (QED) is 0.435. The highest BCUT2D eigenvalue weighted by Crippen LogP contribution is 2.40. The van der Waals surface area contributed by atoms with Gasteiger partial charge in [0.25, 0.3) is 0 Å². The van der Waals surface area contributed by atoms with Crippen molar-refractivity contribution in [1.82, 2.24) is 5.32 Å². The van der Waals surface area contributed by atoms with Crippen molar-refractivity contribution in [3.63, 3.8) is 0 Å². The monoisotopic (exact) mass is 533 g/mol. The van der Waals surface area contributed by atoms with Crippen LogP contribution in [0.3, 0.4) is 0 Å². The Hall–Kier alpha value is -1.50. The third-order valence-corrected chi connectivity index (χ3v) is 8.87. The van der Waals surface area contributed by atoms with Gasteiger partial charge in [-0.05, 0) is 95.5 Å². The van der Waals surface area contributed by atoms with Gasteiger partial charge < -0.3 is 14.8 Å². The Labute approximate surface area is 198 Å². The van der Waals surface area contributed by atoms with Gasteiger partial charge in [-0.3, -0.25) is 0 Å². The summed E-state index contributed by atoms with van der Waals surface area (Å²) in [6, 6.07) is 10.7. The van der Waals surface area contributed by atoms with Crippen LogP contribution in [0.4, 0.5) is 4.79 Å². The summed E-state index contributed by atoms with van der Waals surface area (Å²) in [6.07, 6.45) is 12.3. The van der Waals surface area contributed by atoms with E-state index in [4.69, 9.17) is 9.47 Å². The molecule has 2 aromatic rings. The van der Waals surface area contributed by atoms with E-state index in [1.54, 1.807) is 0 Å². The molecule has 166 valence electrons. The number of cyclic esters (lactones) is 1. The minimum atomic E-state index is -0.469. The molecular weight excluding hydrogens is 501 g/mol. The maximum Gasteiger partial charge on any atom is 0.408 e. The molecule has 0 bridgehead atoms. The fraction of sp³-hybridized carbons (Fsp3) is 0.577. The summed E-state index contributed by atoms with van der Waals surface area (Å²) in [5.74, 6) is 2.91. The number of nitrogens with one attached hydrogen (secondary N) is 1. The van der Waals surface area contributed by atoms with Gasteiger partial charge in [0.2, 0.25) is 0 Å². The van der Waals surface area contributed by atoms with Crippen LogP contribution in [-0.2, 0) is 10.3 Å². The Morgan fingerprint density at radius 3 is 2.45 bits per heavy atom. The first-order chi connectivity index (χ1) is 15.0. The summed E-state index contributed by atoms with van der Waals surface area (Å²) in [5.41, 5.74) is 0.597. The number of halogens is 1. The Bertz CT molecular complexity index is 963. The van der Waals surface area contributed by atoms with Gasteiger partial charge in [-0.2, -0.15) is 0 Å². The molecule has 1 heterocycles. The van der Waals surface area contributed by atoms with Gasteiger partial charge in [-0.1, -0.05) is 50.3 Å². The van der Waals surface area contributed by atoms with Crippen LogP contribution in [0.25, 0.3) is 10.8 Å². The van der Waals surface area contributed by atoms with Crippen LogP contribution < -0.4 is 10.1 Å². The molecule has 31 heavy (non-hydrogen) atoms. The number of carbonyl (C=O) groups excluding carboxylic acids is 1. The van der Waals surface area contributed by atoms with E-state index >= 15 is 0 Å². The lowest BCUT2D eigenvalue weighted by molar-refractivity contribution is 0.0986. The molecule has 0 radical (unpaired) electrons. The van der Waals surface area contributed by atoms with Gasteiger partial charge in [-0.25, -0.2) is 4.79 Å². The van der Waals surface area contributed by atoms with Crippen molar-refractivity contribution in [3.8, 4) is 5.75 Å². The highest BCUT2D eigenvalue weighted by atomic mass is 127. The van der Waals surface area contributed by atoms with Gasteiger partial charge in [0.1, 0.15) is 12.4 Å². The fourth-order valence-corrected chi connectivity index (χ4v) is 6.63. The second-order valence-corrected chi connectivity index (χ2v) is 11.0. The zero-order valence-corrected chi connectivity index (χ0v) is 20.5. The lowest BCUT2D eigenvalue weighted by Crippen LogP contribution is -2.37. The molecule has 1 aliphatic heterocycles. The molecule has 3 fully saturated rings. The third kappa shape index (κ3) is 4.39. The average Bonchev–Trinajstić information content (AvgIpc) is 3.16. The number of benzene rings is 2. The lowest BCUT2D eigenvalue weighted by Gasteiger charge is -2.36.